The molecule has 0 atom stereocenters. The molecule has 2 aromatic rings. The van der Waals surface area contributed by atoms with E-state index < -0.39 is 0 Å². The number of para-hydroxylation sites is 2. The molecule has 0 radical (unpaired) electrons. The van der Waals surface area contributed by atoms with Gasteiger partial charge < -0.3 is 14.8 Å². The number of methoxy groups -OCH3 is 1. The summed E-state index contributed by atoms with van der Waals surface area (Å²) in [6, 6.07) is 10.2. The van der Waals surface area contributed by atoms with Gasteiger partial charge in [0.1, 0.15) is 5.75 Å². The van der Waals surface area contributed by atoms with Gasteiger partial charge in [-0.1, -0.05) is 17.3 Å². The van der Waals surface area contributed by atoms with Crippen LogP contribution in [0.1, 0.15) is 12.0 Å². The highest BCUT2D eigenvalue weighted by atomic mass is 32.1. The van der Waals surface area contributed by atoms with Crippen LogP contribution in [-0.4, -0.2) is 55.7 Å². The minimum Gasteiger partial charge on any atom is -0.495 e. The van der Waals surface area contributed by atoms with Gasteiger partial charge in [-0.15, -0.1) is 0 Å². The predicted molar refractivity (Wildman–Crippen MR) is 98.9 cm³/mol. The van der Waals surface area contributed by atoms with Crippen LogP contribution in [0.4, 0.5) is 5.69 Å². The fourth-order valence-electron chi connectivity index (χ4n) is 3.05. The van der Waals surface area contributed by atoms with Crippen molar-refractivity contribution in [3.8, 4) is 5.75 Å². The van der Waals surface area contributed by atoms with Crippen molar-refractivity contribution in [2.75, 3.05) is 44.7 Å². The van der Waals surface area contributed by atoms with Crippen molar-refractivity contribution in [3.63, 3.8) is 0 Å². The molecule has 24 heavy (non-hydrogen) atoms. The molecular formula is C18H23N3O2S. The van der Waals surface area contributed by atoms with Crippen molar-refractivity contribution in [2.45, 2.75) is 6.42 Å². The number of benzene rings is 1. The summed E-state index contributed by atoms with van der Waals surface area (Å²) in [6.45, 7) is 4.87. The third kappa shape index (κ3) is 3.88. The van der Waals surface area contributed by atoms with Crippen LogP contribution in [0.3, 0.4) is 0 Å². The highest BCUT2D eigenvalue weighted by Crippen LogP contribution is 2.28. The molecule has 2 heterocycles. The van der Waals surface area contributed by atoms with Gasteiger partial charge in [0.2, 0.25) is 0 Å². The quantitative estimate of drug-likeness (QED) is 0.496. The van der Waals surface area contributed by atoms with Gasteiger partial charge in [-0.05, 0) is 29.0 Å². The number of nitrogens with zero attached hydrogens (tertiary/aromatic N) is 3. The first-order valence-electron chi connectivity index (χ1n) is 8.15. The normalized spacial score (nSPS) is 16.4. The Kier molecular flexibility index (Phi) is 5.72. The number of thiophene rings is 1. The van der Waals surface area contributed by atoms with Crippen molar-refractivity contribution >= 4 is 22.7 Å². The summed E-state index contributed by atoms with van der Waals surface area (Å²) < 4.78 is 5.46. The fourth-order valence-corrected chi connectivity index (χ4v) is 3.71. The lowest BCUT2D eigenvalue weighted by atomic mass is 10.1. The molecule has 1 N–H and O–H groups in total. The molecule has 0 bridgehead atoms. The number of ether oxygens (including phenoxy) is 1. The maximum Gasteiger partial charge on any atom is 0.142 e. The molecule has 1 aromatic carbocycles. The van der Waals surface area contributed by atoms with Gasteiger partial charge in [0, 0.05) is 44.7 Å². The maximum atomic E-state index is 9.23. The first-order valence-corrected chi connectivity index (χ1v) is 9.10. The number of rotatable bonds is 6. The first-order chi connectivity index (χ1) is 11.8. The fraction of sp³-hybridized carbons (Fsp3) is 0.389. The zero-order valence-corrected chi connectivity index (χ0v) is 14.7. The van der Waals surface area contributed by atoms with Crippen molar-refractivity contribution in [2.24, 2.45) is 5.16 Å². The summed E-state index contributed by atoms with van der Waals surface area (Å²) in [7, 11) is 1.72. The third-order valence-corrected chi connectivity index (χ3v) is 5.12. The van der Waals surface area contributed by atoms with Gasteiger partial charge in [-0.2, -0.15) is 11.3 Å². The Morgan fingerprint density at radius 1 is 1.21 bits per heavy atom. The highest BCUT2D eigenvalue weighted by molar-refractivity contribution is 7.08. The van der Waals surface area contributed by atoms with Crippen molar-refractivity contribution in [3.05, 3.63) is 46.7 Å². The number of piperazine rings is 1. The summed E-state index contributed by atoms with van der Waals surface area (Å²) in [5.74, 6) is 0.929. The summed E-state index contributed by atoms with van der Waals surface area (Å²) >= 11 is 1.62. The van der Waals surface area contributed by atoms with Crippen LogP contribution in [0.2, 0.25) is 0 Å². The molecule has 1 saturated heterocycles. The molecule has 0 amide bonds. The van der Waals surface area contributed by atoms with E-state index in [0.29, 0.717) is 0 Å². The van der Waals surface area contributed by atoms with Crippen LogP contribution in [0.5, 0.6) is 5.75 Å². The molecular weight excluding hydrogens is 322 g/mol. The SMILES string of the molecule is COc1ccccc1N1CCN(CC/C(=N/O)c2ccsc2)CC1. The molecule has 0 unspecified atom stereocenters. The van der Waals surface area contributed by atoms with Gasteiger partial charge in [0.05, 0.1) is 18.5 Å². The Labute approximate surface area is 146 Å². The topological polar surface area (TPSA) is 48.3 Å². The molecule has 1 aliphatic rings. The molecule has 0 spiro atoms. The van der Waals surface area contributed by atoms with E-state index >= 15 is 0 Å². The molecule has 5 nitrogen and oxygen atoms in total. The van der Waals surface area contributed by atoms with Crippen LogP contribution in [0.15, 0.2) is 46.2 Å². The van der Waals surface area contributed by atoms with Gasteiger partial charge >= 0.3 is 0 Å². The maximum absolute atomic E-state index is 9.23. The zero-order valence-electron chi connectivity index (χ0n) is 13.9. The van der Waals surface area contributed by atoms with Gasteiger partial charge in [-0.3, -0.25) is 4.90 Å². The van der Waals surface area contributed by atoms with Crippen LogP contribution < -0.4 is 9.64 Å². The molecule has 128 valence electrons. The summed E-state index contributed by atoms with van der Waals surface area (Å²) in [4.78, 5) is 4.79. The Balaban J connectivity index is 1.52. The molecule has 0 aliphatic carbocycles. The second-order valence-corrected chi connectivity index (χ2v) is 6.59. The Bertz CT molecular complexity index is 665. The van der Waals surface area contributed by atoms with Gasteiger partial charge in [0.25, 0.3) is 0 Å². The minimum atomic E-state index is 0.766. The summed E-state index contributed by atoms with van der Waals surface area (Å²) in [5.41, 5.74) is 2.95. The van der Waals surface area contributed by atoms with Gasteiger partial charge in [-0.25, -0.2) is 0 Å². The van der Waals surface area contributed by atoms with E-state index in [2.05, 4.69) is 27.1 Å². The Morgan fingerprint density at radius 2 is 2.00 bits per heavy atom. The van der Waals surface area contributed by atoms with E-state index in [9.17, 15) is 5.21 Å². The molecule has 3 rings (SSSR count). The van der Waals surface area contributed by atoms with Crippen LogP contribution in [0.25, 0.3) is 0 Å². The van der Waals surface area contributed by atoms with Gasteiger partial charge in [0.15, 0.2) is 0 Å². The molecule has 0 saturated carbocycles. The number of hydrogen-bond donors (Lipinski definition) is 1. The average Bonchev–Trinajstić information content (AvgIpc) is 3.17. The van der Waals surface area contributed by atoms with Crippen molar-refractivity contribution < 1.29 is 9.94 Å². The van der Waals surface area contributed by atoms with Crippen LogP contribution in [0, 0.1) is 0 Å². The van der Waals surface area contributed by atoms with E-state index in [1.807, 2.05) is 29.0 Å². The highest BCUT2D eigenvalue weighted by Gasteiger charge is 2.19. The summed E-state index contributed by atoms with van der Waals surface area (Å²) in [5, 5.41) is 16.7. The monoisotopic (exact) mass is 345 g/mol. The lowest BCUT2D eigenvalue weighted by molar-refractivity contribution is 0.262. The van der Waals surface area contributed by atoms with E-state index in [4.69, 9.17) is 4.74 Å². The average molecular weight is 345 g/mol. The lowest BCUT2D eigenvalue weighted by Gasteiger charge is -2.36. The largest absolute Gasteiger partial charge is 0.495 e. The van der Waals surface area contributed by atoms with E-state index in [1.165, 1.54) is 0 Å². The summed E-state index contributed by atoms with van der Waals surface area (Å²) in [6.07, 6.45) is 0.766. The van der Waals surface area contributed by atoms with Crippen LogP contribution >= 0.6 is 11.3 Å². The molecule has 1 aromatic heterocycles. The van der Waals surface area contributed by atoms with Crippen molar-refractivity contribution in [1.82, 2.24) is 4.90 Å². The van der Waals surface area contributed by atoms with Crippen molar-refractivity contribution in [1.29, 1.82) is 0 Å². The number of hydrogen-bond acceptors (Lipinski definition) is 6. The Hall–Kier alpha value is -2.05. The predicted octanol–water partition coefficient (Wildman–Crippen LogP) is 3.15. The smallest absolute Gasteiger partial charge is 0.142 e. The second kappa shape index (κ2) is 8.17. The Morgan fingerprint density at radius 3 is 2.67 bits per heavy atom. The number of anilines is 1. The van der Waals surface area contributed by atoms with E-state index in [-0.39, 0.29) is 0 Å². The minimum absolute atomic E-state index is 0.766. The third-order valence-electron chi connectivity index (χ3n) is 4.44. The van der Waals surface area contributed by atoms with E-state index in [1.54, 1.807) is 18.4 Å². The van der Waals surface area contributed by atoms with Crippen LogP contribution in [-0.2, 0) is 0 Å². The number of oxime groups is 1. The standard InChI is InChI=1S/C18H23N3O2S/c1-23-18-5-3-2-4-17(18)21-11-9-20(10-12-21)8-6-16(19-22)15-7-13-24-14-15/h2-5,7,13-14,22H,6,8-12H2,1H3/b19-16-. The lowest BCUT2D eigenvalue weighted by Crippen LogP contribution is -2.47. The van der Waals surface area contributed by atoms with E-state index in [0.717, 1.165) is 61.9 Å². The molecule has 1 aliphatic heterocycles. The molecule has 1 fully saturated rings. The zero-order chi connectivity index (χ0) is 16.8. The second-order valence-electron chi connectivity index (χ2n) is 5.81. The first kappa shape index (κ1) is 16.8. The molecule has 6 heteroatoms.